The van der Waals surface area contributed by atoms with Crippen LogP contribution >= 0.6 is 27.5 Å². The van der Waals surface area contributed by atoms with E-state index in [9.17, 15) is 4.79 Å². The monoisotopic (exact) mass is 397 g/mol. The van der Waals surface area contributed by atoms with Crippen molar-refractivity contribution in [2.75, 3.05) is 27.3 Å². The topological polar surface area (TPSA) is 38.8 Å². The van der Waals surface area contributed by atoms with E-state index in [0.717, 1.165) is 10.2 Å². The van der Waals surface area contributed by atoms with E-state index in [1.165, 1.54) is 0 Å². The number of ether oxygens (including phenoxy) is 2. The van der Waals surface area contributed by atoms with Gasteiger partial charge in [-0.25, -0.2) is 0 Å². The fourth-order valence-electron chi connectivity index (χ4n) is 1.95. The van der Waals surface area contributed by atoms with Crippen LogP contribution in [0.15, 0.2) is 46.9 Å². The minimum absolute atomic E-state index is 0.0759. The van der Waals surface area contributed by atoms with E-state index in [0.29, 0.717) is 29.5 Å². The molecule has 0 aliphatic heterocycles. The molecule has 6 heteroatoms. The van der Waals surface area contributed by atoms with Crippen molar-refractivity contribution in [1.82, 2.24) is 4.90 Å². The van der Waals surface area contributed by atoms with Gasteiger partial charge in [0.05, 0.1) is 18.1 Å². The Morgan fingerprint density at radius 1 is 1.22 bits per heavy atom. The second kappa shape index (κ2) is 8.22. The second-order valence-corrected chi connectivity index (χ2v) is 6.17. The van der Waals surface area contributed by atoms with Gasteiger partial charge < -0.3 is 14.4 Å². The fraction of sp³-hybridized carbons (Fsp3) is 0.235. The van der Waals surface area contributed by atoms with Crippen molar-refractivity contribution in [2.24, 2.45) is 0 Å². The number of halogens is 2. The maximum atomic E-state index is 12.4. The molecule has 2 rings (SSSR count). The molecule has 0 saturated heterocycles. The van der Waals surface area contributed by atoms with E-state index < -0.39 is 0 Å². The predicted octanol–water partition coefficient (Wildman–Crippen LogP) is 4.26. The van der Waals surface area contributed by atoms with E-state index in [1.54, 1.807) is 61.5 Å². The number of hydrogen-bond acceptors (Lipinski definition) is 3. The molecule has 0 atom stereocenters. The average Bonchev–Trinajstić information content (AvgIpc) is 2.55. The summed E-state index contributed by atoms with van der Waals surface area (Å²) in [7, 11) is 3.33. The molecule has 4 nitrogen and oxygen atoms in total. The van der Waals surface area contributed by atoms with Crippen LogP contribution in [0, 0.1) is 0 Å². The van der Waals surface area contributed by atoms with Crippen molar-refractivity contribution >= 4 is 33.4 Å². The highest BCUT2D eigenvalue weighted by molar-refractivity contribution is 9.10. The van der Waals surface area contributed by atoms with Crippen LogP contribution in [0.25, 0.3) is 0 Å². The van der Waals surface area contributed by atoms with Gasteiger partial charge >= 0.3 is 0 Å². The summed E-state index contributed by atoms with van der Waals surface area (Å²) < 4.78 is 11.5. The number of carbonyl (C=O) groups is 1. The van der Waals surface area contributed by atoms with E-state index in [1.807, 2.05) is 0 Å². The first-order chi connectivity index (χ1) is 11.0. The van der Waals surface area contributed by atoms with Crippen LogP contribution in [0.2, 0.25) is 5.02 Å². The first-order valence-corrected chi connectivity index (χ1v) is 8.15. The van der Waals surface area contributed by atoms with Crippen molar-refractivity contribution in [3.05, 3.63) is 57.5 Å². The first kappa shape index (κ1) is 17.6. The van der Waals surface area contributed by atoms with Gasteiger partial charge in [-0.05, 0) is 58.4 Å². The Bertz CT molecular complexity index is 676. The van der Waals surface area contributed by atoms with Gasteiger partial charge in [-0.3, -0.25) is 4.79 Å². The third-order valence-corrected chi connectivity index (χ3v) is 4.13. The highest BCUT2D eigenvalue weighted by atomic mass is 79.9. The summed E-state index contributed by atoms with van der Waals surface area (Å²) >= 11 is 9.20. The lowest BCUT2D eigenvalue weighted by Crippen LogP contribution is -2.30. The van der Waals surface area contributed by atoms with Gasteiger partial charge in [0.2, 0.25) is 0 Å². The summed E-state index contributed by atoms with van der Waals surface area (Å²) in [6.45, 7) is 0.881. The quantitative estimate of drug-likeness (QED) is 0.730. The number of methoxy groups -OCH3 is 1. The van der Waals surface area contributed by atoms with E-state index in [-0.39, 0.29) is 5.91 Å². The van der Waals surface area contributed by atoms with Gasteiger partial charge in [-0.15, -0.1) is 0 Å². The average molecular weight is 399 g/mol. The van der Waals surface area contributed by atoms with Gasteiger partial charge in [0.15, 0.2) is 0 Å². The summed E-state index contributed by atoms with van der Waals surface area (Å²) in [5.74, 6) is 1.34. The number of nitrogens with zero attached hydrogens (tertiary/aromatic N) is 1. The number of likely N-dealkylation sites (N-methyl/N-ethyl adjacent to an activating group) is 1. The third-order valence-electron chi connectivity index (χ3n) is 3.25. The molecular weight excluding hydrogens is 382 g/mol. The van der Waals surface area contributed by atoms with Crippen molar-refractivity contribution in [2.45, 2.75) is 0 Å². The molecule has 0 aliphatic rings. The summed E-state index contributed by atoms with van der Waals surface area (Å²) in [4.78, 5) is 14.0. The summed E-state index contributed by atoms with van der Waals surface area (Å²) in [5, 5.41) is 0.662. The Balaban J connectivity index is 1.89. The molecule has 0 radical (unpaired) electrons. The zero-order chi connectivity index (χ0) is 16.8. The van der Waals surface area contributed by atoms with Gasteiger partial charge in [0.1, 0.15) is 18.1 Å². The molecule has 0 N–H and O–H groups in total. The number of rotatable bonds is 6. The molecule has 0 spiro atoms. The molecule has 0 unspecified atom stereocenters. The van der Waals surface area contributed by atoms with E-state index >= 15 is 0 Å². The maximum absolute atomic E-state index is 12.4. The van der Waals surface area contributed by atoms with Crippen LogP contribution in [0.1, 0.15) is 10.4 Å². The van der Waals surface area contributed by atoms with Gasteiger partial charge in [0, 0.05) is 17.6 Å². The van der Waals surface area contributed by atoms with Crippen LogP contribution in [-0.4, -0.2) is 38.1 Å². The zero-order valence-corrected chi connectivity index (χ0v) is 15.2. The molecule has 1 amide bonds. The van der Waals surface area contributed by atoms with E-state index in [4.69, 9.17) is 21.1 Å². The van der Waals surface area contributed by atoms with Crippen LogP contribution < -0.4 is 9.47 Å². The smallest absolute Gasteiger partial charge is 0.253 e. The molecular formula is C17H17BrClNO3. The Labute approximate surface area is 149 Å². The lowest BCUT2D eigenvalue weighted by molar-refractivity contribution is 0.0773. The first-order valence-electron chi connectivity index (χ1n) is 6.98. The molecule has 0 saturated carbocycles. The lowest BCUT2D eigenvalue weighted by Gasteiger charge is -2.18. The number of benzene rings is 2. The molecule has 0 heterocycles. The largest absolute Gasteiger partial charge is 0.496 e. The van der Waals surface area contributed by atoms with Crippen LogP contribution in [-0.2, 0) is 0 Å². The lowest BCUT2D eigenvalue weighted by atomic mass is 10.2. The van der Waals surface area contributed by atoms with Crippen molar-refractivity contribution in [3.63, 3.8) is 0 Å². The molecule has 122 valence electrons. The Morgan fingerprint density at radius 3 is 2.52 bits per heavy atom. The highest BCUT2D eigenvalue weighted by Gasteiger charge is 2.13. The molecule has 0 aromatic heterocycles. The summed E-state index contributed by atoms with van der Waals surface area (Å²) in [6.07, 6.45) is 0. The number of hydrogen-bond donors (Lipinski definition) is 0. The Morgan fingerprint density at radius 2 is 1.91 bits per heavy atom. The minimum Gasteiger partial charge on any atom is -0.496 e. The molecule has 0 aliphatic carbocycles. The number of amides is 1. The van der Waals surface area contributed by atoms with Gasteiger partial charge in [-0.2, -0.15) is 0 Å². The maximum Gasteiger partial charge on any atom is 0.253 e. The van der Waals surface area contributed by atoms with Crippen LogP contribution in [0.3, 0.4) is 0 Å². The molecule has 23 heavy (non-hydrogen) atoms. The standard InChI is InChI=1S/C17H17BrClNO3/c1-20(9-10-23-14-6-4-13(19)5-7-14)17(21)12-3-8-16(22-2)15(18)11-12/h3-8,11H,9-10H2,1-2H3. The fourth-order valence-corrected chi connectivity index (χ4v) is 2.62. The van der Waals surface area contributed by atoms with Gasteiger partial charge in [-0.1, -0.05) is 11.6 Å². The van der Waals surface area contributed by atoms with E-state index in [2.05, 4.69) is 15.9 Å². The summed E-state index contributed by atoms with van der Waals surface area (Å²) in [5.41, 5.74) is 0.590. The van der Waals surface area contributed by atoms with Gasteiger partial charge in [0.25, 0.3) is 5.91 Å². The van der Waals surface area contributed by atoms with Crippen LogP contribution in [0.5, 0.6) is 11.5 Å². The summed E-state index contributed by atoms with van der Waals surface area (Å²) in [6, 6.07) is 12.4. The highest BCUT2D eigenvalue weighted by Crippen LogP contribution is 2.26. The van der Waals surface area contributed by atoms with Crippen molar-refractivity contribution < 1.29 is 14.3 Å². The predicted molar refractivity (Wildman–Crippen MR) is 94.6 cm³/mol. The second-order valence-electron chi connectivity index (χ2n) is 4.88. The third kappa shape index (κ3) is 4.88. The zero-order valence-electron chi connectivity index (χ0n) is 12.9. The molecule has 0 bridgehead atoms. The Kier molecular flexibility index (Phi) is 6.30. The molecule has 2 aromatic rings. The number of carbonyl (C=O) groups excluding carboxylic acids is 1. The molecule has 2 aromatic carbocycles. The minimum atomic E-state index is -0.0759. The SMILES string of the molecule is COc1ccc(C(=O)N(C)CCOc2ccc(Cl)cc2)cc1Br. The van der Waals surface area contributed by atoms with Crippen LogP contribution in [0.4, 0.5) is 0 Å². The molecule has 0 fully saturated rings. The normalized spacial score (nSPS) is 10.3. The van der Waals surface area contributed by atoms with Crippen molar-refractivity contribution in [3.8, 4) is 11.5 Å². The van der Waals surface area contributed by atoms with Crippen molar-refractivity contribution in [1.29, 1.82) is 0 Å². The Hall–Kier alpha value is -1.72.